The number of aryl methyl sites for hydroxylation is 2. The predicted molar refractivity (Wildman–Crippen MR) is 134 cm³/mol. The number of nitrogens with one attached hydrogen (secondary N) is 1. The molecular formula is C27H40N6. The van der Waals surface area contributed by atoms with Gasteiger partial charge in [-0.05, 0) is 56.3 Å². The zero-order valence-corrected chi connectivity index (χ0v) is 20.4. The van der Waals surface area contributed by atoms with Gasteiger partial charge in [0.05, 0.1) is 13.1 Å². The number of rotatable bonds is 12. The molecule has 0 aliphatic carbocycles. The van der Waals surface area contributed by atoms with Crippen LogP contribution in [0, 0.1) is 0 Å². The zero-order valence-electron chi connectivity index (χ0n) is 20.4. The van der Waals surface area contributed by atoms with Crippen LogP contribution in [0.4, 0.5) is 0 Å². The molecule has 2 aromatic heterocycles. The lowest BCUT2D eigenvalue weighted by Gasteiger charge is -2.34. The Morgan fingerprint density at radius 2 is 1.73 bits per heavy atom. The normalized spacial score (nSPS) is 15.8. The highest BCUT2D eigenvalue weighted by Crippen LogP contribution is 2.20. The monoisotopic (exact) mass is 448 g/mol. The number of aromatic nitrogens is 4. The lowest BCUT2D eigenvalue weighted by molar-refractivity contribution is 0.147. The second-order valence-electron chi connectivity index (χ2n) is 9.53. The summed E-state index contributed by atoms with van der Waals surface area (Å²) in [6.07, 6.45) is 16.8. The van der Waals surface area contributed by atoms with Crippen molar-refractivity contribution >= 4 is 0 Å². The summed E-state index contributed by atoms with van der Waals surface area (Å²) in [4.78, 5) is 17.3. The van der Waals surface area contributed by atoms with Crippen molar-refractivity contribution in [3.63, 3.8) is 0 Å². The van der Waals surface area contributed by atoms with E-state index in [1.165, 1.54) is 69.2 Å². The van der Waals surface area contributed by atoms with E-state index in [0.29, 0.717) is 0 Å². The molecule has 0 saturated carbocycles. The van der Waals surface area contributed by atoms with Gasteiger partial charge in [0.2, 0.25) is 0 Å². The Bertz CT molecular complexity index is 924. The lowest BCUT2D eigenvalue weighted by atomic mass is 9.97. The quantitative estimate of drug-likeness (QED) is 0.427. The third kappa shape index (κ3) is 7.02. The van der Waals surface area contributed by atoms with E-state index in [2.05, 4.69) is 67.6 Å². The van der Waals surface area contributed by atoms with Crippen LogP contribution in [0.2, 0.25) is 0 Å². The number of imidazole rings is 2. The Kier molecular flexibility index (Phi) is 8.72. The number of aromatic amines is 1. The molecule has 6 nitrogen and oxygen atoms in total. The van der Waals surface area contributed by atoms with Crippen LogP contribution in [-0.4, -0.2) is 48.5 Å². The van der Waals surface area contributed by atoms with Gasteiger partial charge in [-0.15, -0.1) is 0 Å². The third-order valence-electron chi connectivity index (χ3n) is 6.94. The van der Waals surface area contributed by atoms with Gasteiger partial charge in [0.25, 0.3) is 0 Å². The van der Waals surface area contributed by atoms with E-state index >= 15 is 0 Å². The molecule has 6 heteroatoms. The van der Waals surface area contributed by atoms with Crippen LogP contribution in [0.25, 0.3) is 0 Å². The van der Waals surface area contributed by atoms with Gasteiger partial charge in [0, 0.05) is 44.4 Å². The van der Waals surface area contributed by atoms with Gasteiger partial charge in [0.15, 0.2) is 0 Å². The average molecular weight is 449 g/mol. The first kappa shape index (κ1) is 23.7. The van der Waals surface area contributed by atoms with E-state index < -0.39 is 0 Å². The van der Waals surface area contributed by atoms with E-state index in [1.54, 1.807) is 0 Å². The van der Waals surface area contributed by atoms with Crippen LogP contribution in [0.15, 0.2) is 49.1 Å². The van der Waals surface area contributed by atoms with Gasteiger partial charge >= 0.3 is 0 Å². The average Bonchev–Trinajstić information content (AvgIpc) is 3.50. The molecule has 0 spiro atoms. The number of hydrogen-bond donors (Lipinski definition) is 1. The molecule has 3 aromatic rings. The highest BCUT2D eigenvalue weighted by Gasteiger charge is 2.19. The maximum atomic E-state index is 4.52. The number of hydrogen-bond acceptors (Lipinski definition) is 4. The first-order valence-corrected chi connectivity index (χ1v) is 12.7. The third-order valence-corrected chi connectivity index (χ3v) is 6.94. The van der Waals surface area contributed by atoms with Crippen molar-refractivity contribution in [2.45, 2.75) is 77.5 Å². The SMILES string of the molecule is CCCC(CCc1ccc(CN(Cc2ncc[nH]2)Cc2nccn2C)cc1)N1CCCCC1. The van der Waals surface area contributed by atoms with E-state index in [-0.39, 0.29) is 0 Å². The lowest BCUT2D eigenvalue weighted by Crippen LogP contribution is -2.39. The number of piperidine rings is 1. The standard InChI is InChI=1S/C27H40N6/c1-3-7-25(33-17-5-4-6-18-33)13-12-23-8-10-24(11-9-23)20-32(21-26-28-14-15-29-26)22-27-30-16-19-31(27)2/h8-11,14-16,19,25H,3-7,12-13,17-18,20-22H2,1-2H3,(H,28,29). The molecule has 1 aliphatic rings. The molecule has 0 bridgehead atoms. The fourth-order valence-electron chi connectivity index (χ4n) is 5.04. The minimum absolute atomic E-state index is 0.747. The Morgan fingerprint density at radius 1 is 0.939 bits per heavy atom. The summed E-state index contributed by atoms with van der Waals surface area (Å²) in [6.45, 7) is 7.36. The second-order valence-corrected chi connectivity index (χ2v) is 9.53. The first-order chi connectivity index (χ1) is 16.2. The molecule has 1 fully saturated rings. The number of likely N-dealkylation sites (tertiary alicyclic amines) is 1. The zero-order chi connectivity index (χ0) is 22.9. The van der Waals surface area contributed by atoms with Crippen molar-refractivity contribution in [2.75, 3.05) is 13.1 Å². The number of H-pyrrole nitrogens is 1. The molecule has 0 amide bonds. The highest BCUT2D eigenvalue weighted by atomic mass is 15.2. The predicted octanol–water partition coefficient (Wildman–Crippen LogP) is 4.93. The smallest absolute Gasteiger partial charge is 0.122 e. The van der Waals surface area contributed by atoms with Crippen LogP contribution >= 0.6 is 0 Å². The maximum absolute atomic E-state index is 4.52. The van der Waals surface area contributed by atoms with Gasteiger partial charge in [-0.25, -0.2) is 9.97 Å². The van der Waals surface area contributed by atoms with Gasteiger partial charge < -0.3 is 14.5 Å². The first-order valence-electron chi connectivity index (χ1n) is 12.7. The van der Waals surface area contributed by atoms with E-state index in [4.69, 9.17) is 0 Å². The molecule has 1 unspecified atom stereocenters. The fraction of sp³-hybridized carbons (Fsp3) is 0.556. The maximum Gasteiger partial charge on any atom is 0.122 e. The molecule has 178 valence electrons. The van der Waals surface area contributed by atoms with Crippen LogP contribution in [0.5, 0.6) is 0 Å². The summed E-state index contributed by atoms with van der Waals surface area (Å²) >= 11 is 0. The van der Waals surface area contributed by atoms with Crippen molar-refractivity contribution < 1.29 is 0 Å². The van der Waals surface area contributed by atoms with E-state index in [1.807, 2.05) is 24.8 Å². The summed E-state index contributed by atoms with van der Waals surface area (Å²) in [5.41, 5.74) is 2.79. The second kappa shape index (κ2) is 12.1. The molecule has 1 atom stereocenters. The van der Waals surface area contributed by atoms with Crippen LogP contribution in [0.1, 0.15) is 68.2 Å². The Labute approximate surface area is 199 Å². The summed E-state index contributed by atoms with van der Waals surface area (Å²) in [7, 11) is 2.05. The highest BCUT2D eigenvalue weighted by molar-refractivity contribution is 5.23. The summed E-state index contributed by atoms with van der Waals surface area (Å²) in [5.74, 6) is 2.05. The summed E-state index contributed by atoms with van der Waals surface area (Å²) in [5, 5.41) is 0. The summed E-state index contributed by atoms with van der Waals surface area (Å²) < 4.78 is 2.09. The van der Waals surface area contributed by atoms with Gasteiger partial charge in [-0.2, -0.15) is 0 Å². The van der Waals surface area contributed by atoms with Gasteiger partial charge in [-0.1, -0.05) is 44.0 Å². The molecule has 3 heterocycles. The number of benzene rings is 1. The Balaban J connectivity index is 1.35. The molecule has 33 heavy (non-hydrogen) atoms. The van der Waals surface area contributed by atoms with Gasteiger partial charge in [0.1, 0.15) is 11.6 Å². The Hall–Kier alpha value is -2.44. The molecule has 1 aliphatic heterocycles. The fourth-order valence-corrected chi connectivity index (χ4v) is 5.04. The minimum atomic E-state index is 0.747. The summed E-state index contributed by atoms with van der Waals surface area (Å²) in [6, 6.07) is 10.0. The molecular weight excluding hydrogens is 408 g/mol. The largest absolute Gasteiger partial charge is 0.348 e. The number of nitrogens with zero attached hydrogens (tertiary/aromatic N) is 5. The molecule has 1 aromatic carbocycles. The van der Waals surface area contributed by atoms with Crippen molar-refractivity contribution in [1.82, 2.24) is 29.3 Å². The Morgan fingerprint density at radius 3 is 2.39 bits per heavy atom. The van der Waals surface area contributed by atoms with Crippen molar-refractivity contribution in [3.05, 3.63) is 71.8 Å². The van der Waals surface area contributed by atoms with E-state index in [9.17, 15) is 0 Å². The van der Waals surface area contributed by atoms with Gasteiger partial charge in [-0.3, -0.25) is 4.90 Å². The molecule has 1 saturated heterocycles. The van der Waals surface area contributed by atoms with Crippen LogP contribution in [-0.2, 0) is 33.1 Å². The van der Waals surface area contributed by atoms with Crippen LogP contribution in [0.3, 0.4) is 0 Å². The molecule has 4 rings (SSSR count). The van der Waals surface area contributed by atoms with Crippen LogP contribution < -0.4 is 0 Å². The molecule has 1 N–H and O–H groups in total. The van der Waals surface area contributed by atoms with E-state index in [0.717, 1.165) is 37.3 Å². The minimum Gasteiger partial charge on any atom is -0.348 e. The topological polar surface area (TPSA) is 53.0 Å². The van der Waals surface area contributed by atoms with Crippen molar-refractivity contribution in [3.8, 4) is 0 Å². The van der Waals surface area contributed by atoms with Crippen molar-refractivity contribution in [1.29, 1.82) is 0 Å². The molecule has 0 radical (unpaired) electrons. The van der Waals surface area contributed by atoms with Crippen molar-refractivity contribution in [2.24, 2.45) is 7.05 Å².